The summed E-state index contributed by atoms with van der Waals surface area (Å²) in [5, 5.41) is 9.04. The molecule has 1 N–H and O–H groups in total. The quantitative estimate of drug-likeness (QED) is 0.884. The Hall–Kier alpha value is -1.17. The van der Waals surface area contributed by atoms with E-state index in [1.165, 1.54) is 16.9 Å². The summed E-state index contributed by atoms with van der Waals surface area (Å²) in [5.41, 5.74) is 2.25. The minimum Gasteiger partial charge on any atom is -0.395 e. The Labute approximate surface area is 123 Å². The van der Waals surface area contributed by atoms with Crippen LogP contribution in [0.2, 0.25) is 0 Å². The molecule has 0 spiro atoms. The standard InChI is InChI=1S/C15H22N2O2S/c1-4-12(16(2)7-8-18)9-11-5-6-13-14(10-11)20-15(19)17(13)3/h5-6,10,12,18H,4,7-9H2,1-3H3. The van der Waals surface area contributed by atoms with E-state index >= 15 is 0 Å². The van der Waals surface area contributed by atoms with Gasteiger partial charge in [-0.3, -0.25) is 4.79 Å². The molecule has 1 aromatic heterocycles. The van der Waals surface area contributed by atoms with Crippen LogP contribution in [0.1, 0.15) is 18.9 Å². The van der Waals surface area contributed by atoms with Crippen molar-refractivity contribution in [3.05, 3.63) is 33.4 Å². The number of aliphatic hydroxyl groups excluding tert-OH is 1. The number of hydrogen-bond donors (Lipinski definition) is 1. The second-order valence-electron chi connectivity index (χ2n) is 5.20. The molecule has 1 unspecified atom stereocenters. The van der Waals surface area contributed by atoms with Crippen LogP contribution >= 0.6 is 11.3 Å². The van der Waals surface area contributed by atoms with Crippen LogP contribution in [0.15, 0.2) is 23.0 Å². The lowest BCUT2D eigenvalue weighted by Gasteiger charge is -2.26. The monoisotopic (exact) mass is 294 g/mol. The minimum absolute atomic E-state index is 0.0848. The van der Waals surface area contributed by atoms with E-state index in [1.807, 2.05) is 20.2 Å². The van der Waals surface area contributed by atoms with Crippen LogP contribution in [0, 0.1) is 0 Å². The van der Waals surface area contributed by atoms with Gasteiger partial charge >= 0.3 is 4.87 Å². The normalized spacial score (nSPS) is 13.2. The second-order valence-corrected chi connectivity index (χ2v) is 6.19. The molecule has 5 heteroatoms. The van der Waals surface area contributed by atoms with Gasteiger partial charge in [-0.15, -0.1) is 0 Å². The minimum atomic E-state index is 0.0848. The SMILES string of the molecule is CCC(Cc1ccc2c(c1)sc(=O)n2C)N(C)CCO. The van der Waals surface area contributed by atoms with E-state index < -0.39 is 0 Å². The average molecular weight is 294 g/mol. The third-order valence-corrected chi connectivity index (χ3v) is 4.87. The first-order chi connectivity index (χ1) is 9.56. The molecular formula is C15H22N2O2S. The van der Waals surface area contributed by atoms with Gasteiger partial charge < -0.3 is 14.6 Å². The van der Waals surface area contributed by atoms with E-state index in [2.05, 4.69) is 24.0 Å². The summed E-state index contributed by atoms with van der Waals surface area (Å²) in [6, 6.07) is 6.67. The third-order valence-electron chi connectivity index (χ3n) is 3.88. The lowest BCUT2D eigenvalue weighted by molar-refractivity contribution is 0.176. The van der Waals surface area contributed by atoms with Gasteiger partial charge in [0.2, 0.25) is 0 Å². The first kappa shape index (κ1) is 15.2. The summed E-state index contributed by atoms with van der Waals surface area (Å²) in [5.74, 6) is 0. The first-order valence-electron chi connectivity index (χ1n) is 6.96. The van der Waals surface area contributed by atoms with Crippen LogP contribution < -0.4 is 4.87 Å². The number of rotatable bonds is 6. The Morgan fingerprint density at radius 2 is 2.20 bits per heavy atom. The van der Waals surface area contributed by atoms with Crippen molar-refractivity contribution in [3.63, 3.8) is 0 Å². The topological polar surface area (TPSA) is 45.5 Å². The maximum atomic E-state index is 11.7. The molecule has 0 fully saturated rings. The number of thiazole rings is 1. The Kier molecular flexibility index (Phi) is 4.96. The van der Waals surface area contributed by atoms with Crippen LogP contribution in [-0.4, -0.2) is 40.8 Å². The fraction of sp³-hybridized carbons (Fsp3) is 0.533. The predicted octanol–water partition coefficient (Wildman–Crippen LogP) is 1.85. The van der Waals surface area contributed by atoms with Gasteiger partial charge in [-0.05, 0) is 37.6 Å². The maximum absolute atomic E-state index is 11.7. The highest BCUT2D eigenvalue weighted by molar-refractivity contribution is 7.16. The summed E-state index contributed by atoms with van der Waals surface area (Å²) in [6.07, 6.45) is 1.98. The number of nitrogens with zero attached hydrogens (tertiary/aromatic N) is 2. The van der Waals surface area contributed by atoms with Crippen molar-refractivity contribution in [3.8, 4) is 0 Å². The van der Waals surface area contributed by atoms with Crippen molar-refractivity contribution < 1.29 is 5.11 Å². The molecule has 2 rings (SSSR count). The molecule has 0 aliphatic carbocycles. The highest BCUT2D eigenvalue weighted by Crippen LogP contribution is 2.20. The van der Waals surface area contributed by atoms with Crippen molar-refractivity contribution in [2.45, 2.75) is 25.8 Å². The number of likely N-dealkylation sites (N-methyl/N-ethyl adjacent to an activating group) is 1. The van der Waals surface area contributed by atoms with Crippen LogP contribution in [0.4, 0.5) is 0 Å². The summed E-state index contributed by atoms with van der Waals surface area (Å²) in [7, 11) is 3.86. The van der Waals surface area contributed by atoms with Crippen LogP contribution in [0.25, 0.3) is 10.2 Å². The third kappa shape index (κ3) is 3.11. The molecule has 1 aromatic carbocycles. The number of fused-ring (bicyclic) bond motifs is 1. The molecule has 0 radical (unpaired) electrons. The summed E-state index contributed by atoms with van der Waals surface area (Å²) < 4.78 is 2.74. The number of aromatic nitrogens is 1. The molecule has 0 aliphatic heterocycles. The van der Waals surface area contributed by atoms with E-state index in [1.54, 1.807) is 4.57 Å². The molecule has 0 aliphatic rings. The second kappa shape index (κ2) is 6.52. The zero-order valence-corrected chi connectivity index (χ0v) is 13.1. The highest BCUT2D eigenvalue weighted by Gasteiger charge is 2.14. The zero-order chi connectivity index (χ0) is 14.7. The van der Waals surface area contributed by atoms with Gasteiger partial charge in [0.25, 0.3) is 0 Å². The lowest BCUT2D eigenvalue weighted by Crippen LogP contribution is -2.35. The number of benzene rings is 1. The number of hydrogen-bond acceptors (Lipinski definition) is 4. The maximum Gasteiger partial charge on any atom is 0.307 e. The first-order valence-corrected chi connectivity index (χ1v) is 7.78. The lowest BCUT2D eigenvalue weighted by atomic mass is 10.0. The Balaban J connectivity index is 2.22. The van der Waals surface area contributed by atoms with Crippen LogP contribution in [0.5, 0.6) is 0 Å². The molecule has 0 saturated carbocycles. The predicted molar refractivity (Wildman–Crippen MR) is 84.6 cm³/mol. The molecule has 1 atom stereocenters. The highest BCUT2D eigenvalue weighted by atomic mass is 32.1. The van der Waals surface area contributed by atoms with Crippen molar-refractivity contribution >= 4 is 21.6 Å². The van der Waals surface area contributed by atoms with Gasteiger partial charge in [-0.1, -0.05) is 24.3 Å². The molecule has 20 heavy (non-hydrogen) atoms. The number of aliphatic hydroxyl groups is 1. The Morgan fingerprint density at radius 3 is 2.85 bits per heavy atom. The molecule has 4 nitrogen and oxygen atoms in total. The Bertz CT molecular complexity index is 632. The van der Waals surface area contributed by atoms with Crippen molar-refractivity contribution in [2.24, 2.45) is 7.05 Å². The van der Waals surface area contributed by atoms with Crippen molar-refractivity contribution in [2.75, 3.05) is 20.2 Å². The zero-order valence-electron chi connectivity index (χ0n) is 12.3. The van der Waals surface area contributed by atoms with E-state index in [0.717, 1.165) is 23.1 Å². The van der Waals surface area contributed by atoms with Gasteiger partial charge in [-0.2, -0.15) is 0 Å². The van der Waals surface area contributed by atoms with Crippen LogP contribution in [-0.2, 0) is 13.5 Å². The Morgan fingerprint density at radius 1 is 1.45 bits per heavy atom. The van der Waals surface area contributed by atoms with Gasteiger partial charge in [0.1, 0.15) is 0 Å². The van der Waals surface area contributed by atoms with Crippen molar-refractivity contribution in [1.29, 1.82) is 0 Å². The van der Waals surface area contributed by atoms with E-state index in [-0.39, 0.29) is 11.5 Å². The average Bonchev–Trinajstić information content (AvgIpc) is 2.71. The van der Waals surface area contributed by atoms with E-state index in [9.17, 15) is 4.79 Å². The van der Waals surface area contributed by atoms with Gasteiger partial charge in [-0.25, -0.2) is 0 Å². The fourth-order valence-electron chi connectivity index (χ4n) is 2.53. The largest absolute Gasteiger partial charge is 0.395 e. The fourth-order valence-corrected chi connectivity index (χ4v) is 3.47. The van der Waals surface area contributed by atoms with Gasteiger partial charge in [0, 0.05) is 19.6 Å². The van der Waals surface area contributed by atoms with E-state index in [0.29, 0.717) is 12.6 Å². The summed E-state index contributed by atoms with van der Waals surface area (Å²) in [4.78, 5) is 13.9. The van der Waals surface area contributed by atoms with E-state index in [4.69, 9.17) is 5.11 Å². The van der Waals surface area contributed by atoms with Crippen molar-refractivity contribution in [1.82, 2.24) is 9.47 Å². The molecule has 0 bridgehead atoms. The molecule has 0 amide bonds. The molecule has 110 valence electrons. The smallest absolute Gasteiger partial charge is 0.307 e. The van der Waals surface area contributed by atoms with Gasteiger partial charge in [0.05, 0.1) is 16.8 Å². The number of aryl methyl sites for hydroxylation is 1. The summed E-state index contributed by atoms with van der Waals surface area (Å²) in [6.45, 7) is 3.05. The van der Waals surface area contributed by atoms with Gasteiger partial charge in [0.15, 0.2) is 0 Å². The molecule has 0 saturated heterocycles. The molecule has 2 aromatic rings. The summed E-state index contributed by atoms with van der Waals surface area (Å²) >= 11 is 1.30. The molecule has 1 heterocycles. The molecular weight excluding hydrogens is 272 g/mol. The van der Waals surface area contributed by atoms with Crippen LogP contribution in [0.3, 0.4) is 0 Å².